The van der Waals surface area contributed by atoms with E-state index in [9.17, 15) is 4.79 Å². The molecule has 0 aliphatic rings. The van der Waals surface area contributed by atoms with Crippen molar-refractivity contribution >= 4 is 17.3 Å². The molecule has 0 spiro atoms. The number of rotatable bonds is 4. The van der Waals surface area contributed by atoms with Gasteiger partial charge < -0.3 is 9.47 Å². The second kappa shape index (κ2) is 5.54. The summed E-state index contributed by atoms with van der Waals surface area (Å²) >= 11 is 1.04. The van der Waals surface area contributed by atoms with Crippen molar-refractivity contribution in [3.05, 3.63) is 29.0 Å². The lowest BCUT2D eigenvalue weighted by Crippen LogP contribution is -2.03. The number of ether oxygens (including phenoxy) is 2. The van der Waals surface area contributed by atoms with Gasteiger partial charge in [-0.2, -0.15) is 0 Å². The highest BCUT2D eigenvalue weighted by molar-refractivity contribution is 7.14. The van der Waals surface area contributed by atoms with Gasteiger partial charge in [-0.3, -0.25) is 4.98 Å². The molecular weight excluding hydrogens is 254 g/mol. The number of nitrogens with zero attached hydrogens (tertiary/aromatic N) is 3. The molecular formula is C11H11N3O3S. The predicted molar refractivity (Wildman–Crippen MR) is 64.9 cm³/mol. The maximum absolute atomic E-state index is 11.4. The SMILES string of the molecule is CCOC(=O)c1nnc(Oc2cccnc2C)s1. The third kappa shape index (κ3) is 2.80. The summed E-state index contributed by atoms with van der Waals surface area (Å²) in [6, 6.07) is 3.53. The van der Waals surface area contributed by atoms with Crippen LogP contribution in [0, 0.1) is 6.92 Å². The molecule has 0 unspecified atom stereocenters. The van der Waals surface area contributed by atoms with Gasteiger partial charge in [0.2, 0.25) is 5.01 Å². The fourth-order valence-electron chi connectivity index (χ4n) is 1.20. The van der Waals surface area contributed by atoms with Crippen LogP contribution in [0.15, 0.2) is 18.3 Å². The Labute approximate surface area is 108 Å². The van der Waals surface area contributed by atoms with Crippen LogP contribution < -0.4 is 4.74 Å². The fourth-order valence-corrected chi connectivity index (χ4v) is 1.80. The Morgan fingerprint density at radius 1 is 1.44 bits per heavy atom. The van der Waals surface area contributed by atoms with Crippen molar-refractivity contribution in [3.8, 4) is 10.9 Å². The summed E-state index contributed by atoms with van der Waals surface area (Å²) in [4.78, 5) is 15.5. The van der Waals surface area contributed by atoms with Crippen LogP contribution in [0.1, 0.15) is 22.4 Å². The molecule has 0 saturated carbocycles. The summed E-state index contributed by atoms with van der Waals surface area (Å²) in [5.74, 6) is 0.0943. The molecule has 2 aromatic rings. The average Bonchev–Trinajstić information content (AvgIpc) is 2.81. The minimum atomic E-state index is -0.493. The molecule has 0 radical (unpaired) electrons. The predicted octanol–water partition coefficient (Wildman–Crippen LogP) is 2.21. The summed E-state index contributed by atoms with van der Waals surface area (Å²) in [5.41, 5.74) is 0.741. The molecule has 0 aliphatic heterocycles. The molecule has 2 heterocycles. The molecule has 6 nitrogen and oxygen atoms in total. The quantitative estimate of drug-likeness (QED) is 0.789. The van der Waals surface area contributed by atoms with E-state index in [1.54, 1.807) is 25.3 Å². The topological polar surface area (TPSA) is 74.2 Å². The van der Waals surface area contributed by atoms with Gasteiger partial charge in [-0.05, 0) is 37.3 Å². The van der Waals surface area contributed by atoms with Crippen LogP contribution in [-0.4, -0.2) is 27.8 Å². The van der Waals surface area contributed by atoms with E-state index in [4.69, 9.17) is 9.47 Å². The number of hydrogen-bond acceptors (Lipinski definition) is 7. The number of carbonyl (C=O) groups is 1. The van der Waals surface area contributed by atoms with Crippen LogP contribution >= 0.6 is 11.3 Å². The lowest BCUT2D eigenvalue weighted by molar-refractivity contribution is 0.0525. The molecule has 0 aliphatic carbocycles. The van der Waals surface area contributed by atoms with Gasteiger partial charge in [0.1, 0.15) is 0 Å². The molecule has 2 rings (SSSR count). The molecule has 94 valence electrons. The summed E-state index contributed by atoms with van der Waals surface area (Å²) in [6.07, 6.45) is 1.67. The maximum Gasteiger partial charge on any atom is 0.369 e. The number of pyridine rings is 1. The van der Waals surface area contributed by atoms with Crippen LogP contribution in [-0.2, 0) is 4.74 Å². The van der Waals surface area contributed by atoms with E-state index >= 15 is 0 Å². The minimum Gasteiger partial charge on any atom is -0.461 e. The molecule has 0 aromatic carbocycles. The van der Waals surface area contributed by atoms with E-state index in [0.717, 1.165) is 17.0 Å². The first-order chi connectivity index (χ1) is 8.70. The normalized spacial score (nSPS) is 10.1. The van der Waals surface area contributed by atoms with Crippen LogP contribution in [0.25, 0.3) is 0 Å². The van der Waals surface area contributed by atoms with Gasteiger partial charge in [-0.15, -0.1) is 5.10 Å². The first-order valence-corrected chi connectivity index (χ1v) is 6.12. The zero-order valence-electron chi connectivity index (χ0n) is 9.91. The Kier molecular flexibility index (Phi) is 3.83. The van der Waals surface area contributed by atoms with Gasteiger partial charge in [0, 0.05) is 6.20 Å². The number of aryl methyl sites for hydroxylation is 1. The smallest absolute Gasteiger partial charge is 0.369 e. The maximum atomic E-state index is 11.4. The molecule has 0 saturated heterocycles. The van der Waals surface area contributed by atoms with Crippen LogP contribution in [0.5, 0.6) is 10.9 Å². The van der Waals surface area contributed by atoms with Crippen molar-refractivity contribution < 1.29 is 14.3 Å². The van der Waals surface area contributed by atoms with Gasteiger partial charge in [-0.25, -0.2) is 4.79 Å². The van der Waals surface area contributed by atoms with E-state index in [1.165, 1.54) is 0 Å². The minimum absolute atomic E-state index is 0.174. The molecule has 2 aromatic heterocycles. The lowest BCUT2D eigenvalue weighted by Gasteiger charge is -2.02. The van der Waals surface area contributed by atoms with Crippen molar-refractivity contribution in [1.82, 2.24) is 15.2 Å². The average molecular weight is 265 g/mol. The number of carbonyl (C=O) groups excluding carboxylic acids is 1. The first kappa shape index (κ1) is 12.4. The van der Waals surface area contributed by atoms with E-state index in [-0.39, 0.29) is 10.2 Å². The summed E-state index contributed by atoms with van der Waals surface area (Å²) in [6.45, 7) is 3.86. The van der Waals surface area contributed by atoms with Crippen molar-refractivity contribution in [3.63, 3.8) is 0 Å². The zero-order chi connectivity index (χ0) is 13.0. The number of hydrogen-bond donors (Lipinski definition) is 0. The largest absolute Gasteiger partial charge is 0.461 e. The Morgan fingerprint density at radius 3 is 3.00 bits per heavy atom. The van der Waals surface area contributed by atoms with Crippen molar-refractivity contribution in [2.24, 2.45) is 0 Å². The molecule has 7 heteroatoms. The molecule has 0 N–H and O–H groups in total. The zero-order valence-corrected chi connectivity index (χ0v) is 10.7. The highest BCUT2D eigenvalue weighted by Crippen LogP contribution is 2.26. The van der Waals surface area contributed by atoms with Crippen LogP contribution in [0.4, 0.5) is 0 Å². The van der Waals surface area contributed by atoms with Gasteiger partial charge >= 0.3 is 5.97 Å². The van der Waals surface area contributed by atoms with Gasteiger partial charge in [0.05, 0.1) is 12.3 Å². The van der Waals surface area contributed by atoms with Crippen molar-refractivity contribution in [2.45, 2.75) is 13.8 Å². The highest BCUT2D eigenvalue weighted by atomic mass is 32.1. The Balaban J connectivity index is 2.12. The lowest BCUT2D eigenvalue weighted by atomic mass is 10.3. The summed E-state index contributed by atoms with van der Waals surface area (Å²) < 4.78 is 10.3. The number of aromatic nitrogens is 3. The molecule has 0 atom stereocenters. The molecule has 0 amide bonds. The van der Waals surface area contributed by atoms with Gasteiger partial charge in [0.25, 0.3) is 5.19 Å². The summed E-state index contributed by atoms with van der Waals surface area (Å²) in [7, 11) is 0. The second-order valence-electron chi connectivity index (χ2n) is 3.28. The molecule has 0 bridgehead atoms. The Hall–Kier alpha value is -2.02. The van der Waals surface area contributed by atoms with Crippen molar-refractivity contribution in [2.75, 3.05) is 6.61 Å². The van der Waals surface area contributed by atoms with E-state index < -0.39 is 5.97 Å². The number of esters is 1. The van der Waals surface area contributed by atoms with Gasteiger partial charge in [0.15, 0.2) is 5.75 Å². The van der Waals surface area contributed by atoms with E-state index in [1.807, 2.05) is 6.92 Å². The third-order valence-corrected chi connectivity index (χ3v) is 2.79. The highest BCUT2D eigenvalue weighted by Gasteiger charge is 2.15. The molecule has 0 fully saturated rings. The summed E-state index contributed by atoms with van der Waals surface area (Å²) in [5, 5.41) is 7.94. The Bertz CT molecular complexity index is 556. The standard InChI is InChI=1S/C11H11N3O3S/c1-3-16-10(15)9-13-14-11(18-9)17-8-5-4-6-12-7(8)2/h4-6H,3H2,1-2H3. The Morgan fingerprint density at radius 2 is 2.28 bits per heavy atom. The van der Waals surface area contributed by atoms with Crippen LogP contribution in [0.3, 0.4) is 0 Å². The molecule has 18 heavy (non-hydrogen) atoms. The van der Waals surface area contributed by atoms with E-state index in [0.29, 0.717) is 12.4 Å². The van der Waals surface area contributed by atoms with Crippen molar-refractivity contribution in [1.29, 1.82) is 0 Å². The van der Waals surface area contributed by atoms with Gasteiger partial charge in [-0.1, -0.05) is 5.10 Å². The van der Waals surface area contributed by atoms with Crippen LogP contribution in [0.2, 0.25) is 0 Å². The van der Waals surface area contributed by atoms with E-state index in [2.05, 4.69) is 15.2 Å². The second-order valence-corrected chi connectivity index (χ2v) is 4.22. The third-order valence-electron chi connectivity index (χ3n) is 2.01. The monoisotopic (exact) mass is 265 g/mol. The first-order valence-electron chi connectivity index (χ1n) is 5.30. The fraction of sp³-hybridized carbons (Fsp3) is 0.273.